The van der Waals surface area contributed by atoms with Crippen molar-refractivity contribution in [3.8, 4) is 0 Å². The molecule has 3 aromatic carbocycles. The molecular formula is C26H22ClN2P. The van der Waals surface area contributed by atoms with Gasteiger partial charge in [-0.2, -0.15) is 0 Å². The zero-order chi connectivity index (χ0) is 20.5. The van der Waals surface area contributed by atoms with Crippen LogP contribution in [0.25, 0.3) is 5.65 Å². The molecule has 30 heavy (non-hydrogen) atoms. The molecule has 0 spiro atoms. The van der Waals surface area contributed by atoms with E-state index in [0.29, 0.717) is 6.16 Å². The van der Waals surface area contributed by atoms with E-state index >= 15 is 0 Å². The molecule has 0 unspecified atom stereocenters. The van der Waals surface area contributed by atoms with E-state index < -0.39 is 5.96 Å². The molecular weight excluding hydrogens is 407 g/mol. The molecule has 2 nitrogen and oxygen atoms in total. The minimum atomic E-state index is -3.35. The molecule has 0 bridgehead atoms. The summed E-state index contributed by atoms with van der Waals surface area (Å²) in [6.07, 6.45) is 4.78. The fourth-order valence-electron chi connectivity index (χ4n) is 4.31. The van der Waals surface area contributed by atoms with Gasteiger partial charge in [-0.3, -0.25) is 0 Å². The summed E-state index contributed by atoms with van der Waals surface area (Å²) < 4.78 is 2.06. The van der Waals surface area contributed by atoms with Gasteiger partial charge in [0.05, 0.1) is 0 Å². The van der Waals surface area contributed by atoms with Crippen molar-refractivity contribution < 1.29 is 0 Å². The number of hydrogen-bond acceptors (Lipinski definition) is 1. The van der Waals surface area contributed by atoms with Crippen LogP contribution in [0.2, 0.25) is 0 Å². The first-order chi connectivity index (χ1) is 14.7. The van der Waals surface area contributed by atoms with Crippen molar-refractivity contribution >= 4 is 38.8 Å². The third-order valence-electron chi connectivity index (χ3n) is 5.76. The van der Waals surface area contributed by atoms with E-state index in [1.165, 1.54) is 0 Å². The monoisotopic (exact) mass is 428 g/mol. The molecule has 2 heterocycles. The quantitative estimate of drug-likeness (QED) is 0.337. The number of hydrogen-bond donors (Lipinski definition) is 0. The van der Waals surface area contributed by atoms with Gasteiger partial charge in [0.1, 0.15) is 0 Å². The average molecular weight is 429 g/mol. The maximum atomic E-state index is 8.12. The van der Waals surface area contributed by atoms with Crippen LogP contribution in [0, 0.1) is 0 Å². The van der Waals surface area contributed by atoms with Crippen LogP contribution in [0.1, 0.15) is 5.69 Å². The van der Waals surface area contributed by atoms with Crippen LogP contribution < -0.4 is 15.9 Å². The van der Waals surface area contributed by atoms with Crippen LogP contribution in [0.5, 0.6) is 0 Å². The molecule has 0 aliphatic rings. The first kappa shape index (κ1) is 19.1. The van der Waals surface area contributed by atoms with Gasteiger partial charge in [0.2, 0.25) is 0 Å². The molecule has 0 aliphatic carbocycles. The molecule has 0 radical (unpaired) electrons. The van der Waals surface area contributed by atoms with Crippen LogP contribution >= 0.6 is 17.2 Å². The summed E-state index contributed by atoms with van der Waals surface area (Å²) >= 11 is 8.12. The second-order valence-corrected chi connectivity index (χ2v) is 14.0. The summed E-state index contributed by atoms with van der Waals surface area (Å²) in [4.78, 5) is 4.93. The van der Waals surface area contributed by atoms with E-state index in [1.54, 1.807) is 0 Å². The van der Waals surface area contributed by atoms with Gasteiger partial charge in [-0.1, -0.05) is 0 Å². The van der Waals surface area contributed by atoms with E-state index in [9.17, 15) is 0 Å². The molecule has 4 heteroatoms. The Labute approximate surface area is 181 Å². The summed E-state index contributed by atoms with van der Waals surface area (Å²) in [5.74, 6) is -3.35. The van der Waals surface area contributed by atoms with E-state index in [1.807, 2.05) is 42.6 Å². The molecule has 0 N–H and O–H groups in total. The zero-order valence-corrected chi connectivity index (χ0v) is 18.1. The molecule has 0 saturated heterocycles. The Balaban J connectivity index is 1.84. The van der Waals surface area contributed by atoms with Gasteiger partial charge >= 0.3 is 182 Å². The van der Waals surface area contributed by atoms with Gasteiger partial charge < -0.3 is 0 Å². The van der Waals surface area contributed by atoms with Crippen molar-refractivity contribution in [3.05, 3.63) is 127 Å². The van der Waals surface area contributed by atoms with Crippen molar-refractivity contribution in [1.29, 1.82) is 0 Å². The number of nitrogens with zero attached hydrogens (tertiary/aromatic N) is 2. The average Bonchev–Trinajstić information content (AvgIpc) is 3.23. The van der Waals surface area contributed by atoms with Gasteiger partial charge in [-0.15, -0.1) is 0 Å². The topological polar surface area (TPSA) is 17.3 Å². The van der Waals surface area contributed by atoms with Crippen molar-refractivity contribution in [1.82, 2.24) is 9.38 Å². The van der Waals surface area contributed by atoms with Crippen LogP contribution in [0.3, 0.4) is 0 Å². The normalized spacial score (nSPS) is 13.0. The Morgan fingerprint density at radius 1 is 0.633 bits per heavy atom. The standard InChI is InChI=1S/C26H22ClN2P/c27-30(23-12-4-1-5-13-23,24-14-6-2-7-15-24,25-16-8-3-9-17-25)21-22-20-29-19-11-10-18-26(29)28-22/h1-20H,21H2. The Hall–Kier alpha value is -2.93. The number of halogens is 1. The van der Waals surface area contributed by atoms with Crippen molar-refractivity contribution in [3.63, 3.8) is 0 Å². The first-order valence-corrected chi connectivity index (χ1v) is 13.3. The molecule has 2 aromatic heterocycles. The van der Waals surface area contributed by atoms with E-state index in [-0.39, 0.29) is 0 Å². The number of aromatic nitrogens is 2. The van der Waals surface area contributed by atoms with Crippen molar-refractivity contribution in [2.75, 3.05) is 0 Å². The summed E-state index contributed by atoms with van der Waals surface area (Å²) in [6.45, 7) is 0. The van der Waals surface area contributed by atoms with E-state index in [0.717, 1.165) is 27.3 Å². The van der Waals surface area contributed by atoms with Gasteiger partial charge in [-0.25, -0.2) is 0 Å². The molecule has 0 atom stereocenters. The van der Waals surface area contributed by atoms with Crippen LogP contribution in [0.15, 0.2) is 122 Å². The third kappa shape index (κ3) is 2.96. The fourth-order valence-corrected chi connectivity index (χ4v) is 10.3. The number of imidazole rings is 1. The Bertz CT molecular complexity index is 1150. The summed E-state index contributed by atoms with van der Waals surface area (Å²) in [6, 6.07) is 37.7. The Kier molecular flexibility index (Phi) is 4.70. The first-order valence-electron chi connectivity index (χ1n) is 10.0. The molecule has 148 valence electrons. The second kappa shape index (κ2) is 7.40. The van der Waals surface area contributed by atoms with Crippen LogP contribution in [0.4, 0.5) is 0 Å². The van der Waals surface area contributed by atoms with Gasteiger partial charge in [0.25, 0.3) is 0 Å². The minimum absolute atomic E-state index is 0.646. The molecule has 0 aliphatic heterocycles. The molecule has 0 fully saturated rings. The number of rotatable bonds is 5. The summed E-state index contributed by atoms with van der Waals surface area (Å²) in [5.41, 5.74) is 1.92. The molecule has 5 rings (SSSR count). The van der Waals surface area contributed by atoms with Crippen LogP contribution in [-0.2, 0) is 6.16 Å². The number of fused-ring (bicyclic) bond motifs is 1. The van der Waals surface area contributed by atoms with Gasteiger partial charge in [0.15, 0.2) is 0 Å². The Morgan fingerprint density at radius 3 is 1.57 bits per heavy atom. The second-order valence-electron chi connectivity index (χ2n) is 7.55. The van der Waals surface area contributed by atoms with E-state index in [4.69, 9.17) is 16.2 Å². The zero-order valence-electron chi connectivity index (χ0n) is 16.5. The van der Waals surface area contributed by atoms with Crippen molar-refractivity contribution in [2.24, 2.45) is 0 Å². The van der Waals surface area contributed by atoms with Crippen LogP contribution in [-0.4, -0.2) is 9.38 Å². The molecule has 0 saturated carbocycles. The number of pyridine rings is 1. The molecule has 0 amide bonds. The van der Waals surface area contributed by atoms with Crippen molar-refractivity contribution in [2.45, 2.75) is 6.16 Å². The molecule has 5 aromatic rings. The fraction of sp³-hybridized carbons (Fsp3) is 0.0385. The van der Waals surface area contributed by atoms with Gasteiger partial charge in [0, 0.05) is 0 Å². The predicted molar refractivity (Wildman–Crippen MR) is 130 cm³/mol. The third-order valence-corrected chi connectivity index (χ3v) is 12.9. The van der Waals surface area contributed by atoms with E-state index in [2.05, 4.69) is 83.4 Å². The summed E-state index contributed by atoms with van der Waals surface area (Å²) in [7, 11) is 0. The Morgan fingerprint density at radius 2 is 1.10 bits per heavy atom. The predicted octanol–water partition coefficient (Wildman–Crippen LogP) is 5.52. The summed E-state index contributed by atoms with van der Waals surface area (Å²) in [5, 5.41) is 3.46. The van der Waals surface area contributed by atoms with Gasteiger partial charge in [-0.05, 0) is 0 Å². The number of benzene rings is 3. The maximum absolute atomic E-state index is 8.12. The SMILES string of the molecule is ClP(Cc1cn2ccccc2n1)(c1ccccc1)(c1ccccc1)c1ccccc1.